The van der Waals surface area contributed by atoms with E-state index in [4.69, 9.17) is 9.84 Å². The summed E-state index contributed by atoms with van der Waals surface area (Å²) in [6.07, 6.45) is 0.751. The van der Waals surface area contributed by atoms with E-state index in [1.54, 1.807) is 0 Å². The molecule has 0 aliphatic carbocycles. The molecule has 0 saturated carbocycles. The summed E-state index contributed by atoms with van der Waals surface area (Å²) >= 11 is 0. The zero-order valence-corrected chi connectivity index (χ0v) is 11.9. The first-order chi connectivity index (χ1) is 9.35. The Kier molecular flexibility index (Phi) is 4.64. The fourth-order valence-electron chi connectivity index (χ4n) is 2.63. The van der Waals surface area contributed by atoms with Crippen LogP contribution in [0.15, 0.2) is 0 Å². The Balaban J connectivity index is 1.67. The molecule has 0 aromatic rings. The summed E-state index contributed by atoms with van der Waals surface area (Å²) in [5.74, 6) is -1.03. The maximum Gasteiger partial charge on any atom is 0.332 e. The molecule has 0 radical (unpaired) electrons. The molecule has 0 spiro atoms. The highest BCUT2D eigenvalue weighted by atomic mass is 32.2. The highest BCUT2D eigenvalue weighted by molar-refractivity contribution is 7.91. The monoisotopic (exact) mass is 305 g/mol. The molecule has 2 aliphatic rings. The Bertz CT molecular complexity index is 488. The van der Waals surface area contributed by atoms with Gasteiger partial charge in [0.05, 0.1) is 17.6 Å². The van der Waals surface area contributed by atoms with Crippen LogP contribution in [-0.4, -0.2) is 55.7 Å². The van der Waals surface area contributed by atoms with Crippen LogP contribution in [0.5, 0.6) is 0 Å². The standard InChI is InChI=1S/C12H19NO6S/c14-11(5-8-3-4-20(17,18)7-8)13-6-9-1-2-10(19-9)12(15)16/h8-10H,1-7H2,(H,13,14)(H,15,16). The lowest BCUT2D eigenvalue weighted by Gasteiger charge is -2.13. The van der Waals surface area contributed by atoms with Crippen LogP contribution in [0.2, 0.25) is 0 Å². The zero-order chi connectivity index (χ0) is 14.8. The first-order valence-corrected chi connectivity index (χ1v) is 8.53. The molecule has 2 rings (SSSR count). The maximum absolute atomic E-state index is 11.7. The van der Waals surface area contributed by atoms with E-state index in [9.17, 15) is 18.0 Å². The highest BCUT2D eigenvalue weighted by Gasteiger charge is 2.32. The lowest BCUT2D eigenvalue weighted by Crippen LogP contribution is -2.34. The van der Waals surface area contributed by atoms with Crippen molar-refractivity contribution >= 4 is 21.7 Å². The van der Waals surface area contributed by atoms with Gasteiger partial charge in [-0.1, -0.05) is 0 Å². The van der Waals surface area contributed by atoms with Crippen molar-refractivity contribution in [2.45, 2.75) is 37.9 Å². The summed E-state index contributed by atoms with van der Waals surface area (Å²) in [6, 6.07) is 0. The number of hydrogen-bond acceptors (Lipinski definition) is 5. The highest BCUT2D eigenvalue weighted by Crippen LogP contribution is 2.22. The third-order valence-corrected chi connectivity index (χ3v) is 5.55. The van der Waals surface area contributed by atoms with Gasteiger partial charge in [-0.2, -0.15) is 0 Å². The summed E-state index contributed by atoms with van der Waals surface area (Å²) < 4.78 is 27.8. The van der Waals surface area contributed by atoms with Crippen LogP contribution in [0.4, 0.5) is 0 Å². The molecule has 3 atom stereocenters. The Morgan fingerprint density at radius 2 is 2.00 bits per heavy atom. The summed E-state index contributed by atoms with van der Waals surface area (Å²) in [7, 11) is -2.96. The fourth-order valence-corrected chi connectivity index (χ4v) is 4.49. The molecule has 1 amide bonds. The van der Waals surface area contributed by atoms with Crippen LogP contribution in [0.1, 0.15) is 25.7 Å². The normalized spacial score (nSPS) is 32.1. The molecular weight excluding hydrogens is 286 g/mol. The first-order valence-electron chi connectivity index (χ1n) is 6.71. The van der Waals surface area contributed by atoms with E-state index in [2.05, 4.69) is 5.32 Å². The van der Waals surface area contributed by atoms with Crippen molar-refractivity contribution in [1.82, 2.24) is 5.32 Å². The number of carbonyl (C=O) groups excluding carboxylic acids is 1. The molecular formula is C12H19NO6S. The first kappa shape index (κ1) is 15.2. The van der Waals surface area contributed by atoms with Crippen molar-refractivity contribution in [3.63, 3.8) is 0 Å². The van der Waals surface area contributed by atoms with E-state index in [1.807, 2.05) is 0 Å². The number of nitrogens with one attached hydrogen (secondary N) is 1. The second-order valence-corrected chi connectivity index (χ2v) is 7.67. The SMILES string of the molecule is O=C(CC1CCS(=O)(=O)C1)NCC1CCC(C(=O)O)O1. The summed E-state index contributed by atoms with van der Waals surface area (Å²) in [5.41, 5.74) is 0. The van der Waals surface area contributed by atoms with Gasteiger partial charge in [-0.15, -0.1) is 0 Å². The molecule has 0 bridgehead atoms. The lowest BCUT2D eigenvalue weighted by atomic mass is 10.1. The van der Waals surface area contributed by atoms with E-state index in [-0.39, 0.29) is 42.4 Å². The number of hydrogen-bond donors (Lipinski definition) is 2. The number of carbonyl (C=O) groups is 2. The molecule has 2 fully saturated rings. The zero-order valence-electron chi connectivity index (χ0n) is 11.1. The second kappa shape index (κ2) is 6.09. The minimum Gasteiger partial charge on any atom is -0.479 e. The average Bonchev–Trinajstić information content (AvgIpc) is 2.93. The van der Waals surface area contributed by atoms with E-state index in [1.165, 1.54) is 0 Å². The predicted octanol–water partition coefficient (Wildman–Crippen LogP) is -0.440. The van der Waals surface area contributed by atoms with Crippen molar-refractivity contribution in [3.05, 3.63) is 0 Å². The number of sulfone groups is 1. The topological polar surface area (TPSA) is 110 Å². The Labute approximate surface area is 117 Å². The third kappa shape index (κ3) is 4.17. The van der Waals surface area contributed by atoms with Crippen molar-refractivity contribution in [2.75, 3.05) is 18.1 Å². The summed E-state index contributed by atoms with van der Waals surface area (Å²) in [5, 5.41) is 11.5. The molecule has 7 nitrogen and oxygen atoms in total. The quantitative estimate of drug-likeness (QED) is 0.712. The van der Waals surface area contributed by atoms with Crippen molar-refractivity contribution in [1.29, 1.82) is 0 Å². The molecule has 0 aromatic carbocycles. The van der Waals surface area contributed by atoms with Crippen molar-refractivity contribution < 1.29 is 27.9 Å². The van der Waals surface area contributed by atoms with Crippen molar-refractivity contribution in [2.24, 2.45) is 5.92 Å². The Morgan fingerprint density at radius 3 is 2.55 bits per heavy atom. The molecule has 3 unspecified atom stereocenters. The molecule has 0 aromatic heterocycles. The van der Waals surface area contributed by atoms with Gasteiger partial charge in [-0.3, -0.25) is 4.79 Å². The minimum absolute atomic E-state index is 0.0848. The molecule has 114 valence electrons. The van der Waals surface area contributed by atoms with Gasteiger partial charge in [0.1, 0.15) is 0 Å². The second-order valence-electron chi connectivity index (χ2n) is 5.44. The Morgan fingerprint density at radius 1 is 1.25 bits per heavy atom. The molecule has 2 heterocycles. The average molecular weight is 305 g/mol. The Hall–Kier alpha value is -1.15. The summed E-state index contributed by atoms with van der Waals surface area (Å²) in [4.78, 5) is 22.4. The van der Waals surface area contributed by atoms with Crippen LogP contribution in [0.25, 0.3) is 0 Å². The van der Waals surface area contributed by atoms with Gasteiger partial charge in [0.15, 0.2) is 15.9 Å². The fraction of sp³-hybridized carbons (Fsp3) is 0.833. The van der Waals surface area contributed by atoms with Gasteiger partial charge in [0.2, 0.25) is 5.91 Å². The van der Waals surface area contributed by atoms with E-state index >= 15 is 0 Å². The van der Waals surface area contributed by atoms with Gasteiger partial charge < -0.3 is 15.2 Å². The number of aliphatic carboxylic acids is 1. The van der Waals surface area contributed by atoms with Gasteiger partial charge in [-0.25, -0.2) is 13.2 Å². The van der Waals surface area contributed by atoms with Gasteiger partial charge in [-0.05, 0) is 25.2 Å². The van der Waals surface area contributed by atoms with Gasteiger partial charge in [0.25, 0.3) is 0 Å². The smallest absolute Gasteiger partial charge is 0.332 e. The molecule has 2 aliphatic heterocycles. The number of carboxylic acids is 1. The van der Waals surface area contributed by atoms with Crippen molar-refractivity contribution in [3.8, 4) is 0 Å². The van der Waals surface area contributed by atoms with Crippen LogP contribution < -0.4 is 5.32 Å². The number of amides is 1. The van der Waals surface area contributed by atoms with Gasteiger partial charge in [0, 0.05) is 13.0 Å². The van der Waals surface area contributed by atoms with Crippen LogP contribution in [-0.2, 0) is 24.2 Å². The largest absolute Gasteiger partial charge is 0.479 e. The van der Waals surface area contributed by atoms with Gasteiger partial charge >= 0.3 is 5.97 Å². The van der Waals surface area contributed by atoms with E-state index in [0.29, 0.717) is 19.3 Å². The third-order valence-electron chi connectivity index (χ3n) is 3.71. The van der Waals surface area contributed by atoms with E-state index < -0.39 is 21.9 Å². The van der Waals surface area contributed by atoms with E-state index in [0.717, 1.165) is 0 Å². The number of carboxylic acid groups (broad SMARTS) is 1. The molecule has 20 heavy (non-hydrogen) atoms. The molecule has 8 heteroatoms. The predicted molar refractivity (Wildman–Crippen MR) is 69.9 cm³/mol. The maximum atomic E-state index is 11.7. The van der Waals surface area contributed by atoms with Crippen LogP contribution >= 0.6 is 0 Å². The summed E-state index contributed by atoms with van der Waals surface area (Å²) in [6.45, 7) is 0.280. The number of ether oxygens (including phenoxy) is 1. The molecule has 2 N–H and O–H groups in total. The molecule has 2 saturated heterocycles. The number of rotatable bonds is 5. The minimum atomic E-state index is -2.96. The van der Waals surface area contributed by atoms with Crippen LogP contribution in [0.3, 0.4) is 0 Å². The van der Waals surface area contributed by atoms with Crippen LogP contribution in [0, 0.1) is 5.92 Å². The lowest BCUT2D eigenvalue weighted by molar-refractivity contribution is -0.149.